The minimum atomic E-state index is 0.748. The zero-order chi connectivity index (χ0) is 6.81. The highest BCUT2D eigenvalue weighted by molar-refractivity contribution is 5.16. The average molecular weight is 135 g/mol. The number of hydrogen-bond acceptors (Lipinski definition) is 3. The van der Waals surface area contributed by atoms with Crippen LogP contribution in [0.2, 0.25) is 0 Å². The summed E-state index contributed by atoms with van der Waals surface area (Å²) < 4.78 is 6.41. The summed E-state index contributed by atoms with van der Waals surface area (Å²) in [5.74, 6) is 0.748. The zero-order valence-electron chi connectivity index (χ0n) is 5.14. The molecule has 2 heterocycles. The highest BCUT2D eigenvalue weighted by Gasteiger charge is 1.95. The van der Waals surface area contributed by atoms with Gasteiger partial charge in [-0.15, -0.1) is 0 Å². The molecular weight excluding hydrogens is 130 g/mol. The van der Waals surface area contributed by atoms with Gasteiger partial charge < -0.3 is 4.52 Å². The van der Waals surface area contributed by atoms with Gasteiger partial charge in [-0.1, -0.05) is 5.16 Å². The van der Waals surface area contributed by atoms with Crippen molar-refractivity contribution in [1.82, 2.24) is 14.7 Å². The molecule has 0 saturated heterocycles. The van der Waals surface area contributed by atoms with E-state index in [1.807, 2.05) is 0 Å². The van der Waals surface area contributed by atoms with E-state index in [-0.39, 0.29) is 0 Å². The molecule has 0 aromatic carbocycles. The van der Waals surface area contributed by atoms with Crippen LogP contribution in [0.4, 0.5) is 0 Å². The predicted molar refractivity (Wildman–Crippen MR) is 33.6 cm³/mol. The van der Waals surface area contributed by atoms with Gasteiger partial charge in [-0.3, -0.25) is 4.57 Å². The van der Waals surface area contributed by atoms with E-state index in [1.54, 1.807) is 29.4 Å². The molecule has 0 bridgehead atoms. The first-order valence-electron chi connectivity index (χ1n) is 2.85. The highest BCUT2D eigenvalue weighted by atomic mass is 16.5. The average Bonchev–Trinajstić information content (AvgIpc) is 2.59. The van der Waals surface area contributed by atoms with Crippen molar-refractivity contribution in [2.45, 2.75) is 0 Å². The second-order valence-electron chi connectivity index (χ2n) is 1.83. The van der Waals surface area contributed by atoms with Gasteiger partial charge in [0.05, 0.1) is 0 Å². The van der Waals surface area contributed by atoms with Crippen molar-refractivity contribution in [2.24, 2.45) is 0 Å². The fourth-order valence-electron chi connectivity index (χ4n) is 0.734. The molecule has 0 amide bonds. The lowest BCUT2D eigenvalue weighted by Gasteiger charge is -1.89. The van der Waals surface area contributed by atoms with Gasteiger partial charge in [0.15, 0.2) is 5.82 Å². The normalized spacial score (nSPS) is 10.0. The fraction of sp³-hybridized carbons (Fsp3) is 0. The standard InChI is InChI=1S/C6H5N3O/c1-4-10-8-6(1)9-3-2-7-5-9/h1-5H. The predicted octanol–water partition coefficient (Wildman–Crippen LogP) is 0.860. The van der Waals surface area contributed by atoms with Crippen molar-refractivity contribution >= 4 is 0 Å². The Morgan fingerprint density at radius 2 is 2.50 bits per heavy atom. The Bertz CT molecular complexity index is 252. The second kappa shape index (κ2) is 1.98. The van der Waals surface area contributed by atoms with Gasteiger partial charge in [-0.25, -0.2) is 4.98 Å². The molecule has 0 atom stereocenters. The second-order valence-corrected chi connectivity index (χ2v) is 1.83. The number of rotatable bonds is 1. The molecule has 4 nitrogen and oxygen atoms in total. The lowest BCUT2D eigenvalue weighted by molar-refractivity contribution is 0.416. The Labute approximate surface area is 57.1 Å². The summed E-state index contributed by atoms with van der Waals surface area (Å²) in [4.78, 5) is 3.86. The van der Waals surface area contributed by atoms with Gasteiger partial charge in [0.2, 0.25) is 0 Å². The molecule has 2 rings (SSSR count). The van der Waals surface area contributed by atoms with Crippen LogP contribution >= 0.6 is 0 Å². The minimum absolute atomic E-state index is 0.748. The van der Waals surface area contributed by atoms with E-state index in [1.165, 1.54) is 6.26 Å². The quantitative estimate of drug-likeness (QED) is 0.582. The monoisotopic (exact) mass is 135 g/mol. The van der Waals surface area contributed by atoms with Crippen LogP contribution in [-0.4, -0.2) is 14.7 Å². The summed E-state index contributed by atoms with van der Waals surface area (Å²) in [7, 11) is 0. The lowest BCUT2D eigenvalue weighted by atomic mass is 10.6. The molecule has 50 valence electrons. The number of imidazole rings is 1. The Hall–Kier alpha value is -1.58. The van der Waals surface area contributed by atoms with Crippen LogP contribution in [0.1, 0.15) is 0 Å². The minimum Gasteiger partial charge on any atom is -0.363 e. The van der Waals surface area contributed by atoms with Crippen LogP contribution in [0.5, 0.6) is 0 Å². The molecule has 0 spiro atoms. The van der Waals surface area contributed by atoms with E-state index < -0.39 is 0 Å². The molecule has 0 aliphatic heterocycles. The van der Waals surface area contributed by atoms with Gasteiger partial charge in [0.25, 0.3) is 0 Å². The van der Waals surface area contributed by atoms with Crippen molar-refractivity contribution in [2.75, 3.05) is 0 Å². The maximum absolute atomic E-state index is 4.64. The van der Waals surface area contributed by atoms with Crippen LogP contribution in [0.25, 0.3) is 5.82 Å². The van der Waals surface area contributed by atoms with E-state index in [9.17, 15) is 0 Å². The van der Waals surface area contributed by atoms with Gasteiger partial charge in [0.1, 0.15) is 12.6 Å². The van der Waals surface area contributed by atoms with E-state index in [0.717, 1.165) is 5.82 Å². The molecule has 2 aromatic heterocycles. The maximum atomic E-state index is 4.64. The lowest BCUT2D eigenvalue weighted by Crippen LogP contribution is -1.87. The smallest absolute Gasteiger partial charge is 0.181 e. The van der Waals surface area contributed by atoms with Crippen LogP contribution in [0.15, 0.2) is 35.6 Å². The number of aromatic nitrogens is 3. The van der Waals surface area contributed by atoms with E-state index in [2.05, 4.69) is 14.7 Å². The van der Waals surface area contributed by atoms with Crippen LogP contribution in [0.3, 0.4) is 0 Å². The Morgan fingerprint density at radius 1 is 1.50 bits per heavy atom. The summed E-state index contributed by atoms with van der Waals surface area (Å²) in [5.41, 5.74) is 0. The van der Waals surface area contributed by atoms with E-state index >= 15 is 0 Å². The van der Waals surface area contributed by atoms with Gasteiger partial charge in [-0.05, 0) is 0 Å². The fourth-order valence-corrected chi connectivity index (χ4v) is 0.734. The molecule has 0 aliphatic carbocycles. The van der Waals surface area contributed by atoms with Gasteiger partial charge >= 0.3 is 0 Å². The molecule has 0 unspecified atom stereocenters. The van der Waals surface area contributed by atoms with Gasteiger partial charge in [0, 0.05) is 18.5 Å². The summed E-state index contributed by atoms with van der Waals surface area (Å²) in [6.07, 6.45) is 6.68. The first-order valence-corrected chi connectivity index (χ1v) is 2.85. The summed E-state index contributed by atoms with van der Waals surface area (Å²) in [6, 6.07) is 1.77. The van der Waals surface area contributed by atoms with Crippen molar-refractivity contribution in [3.8, 4) is 5.82 Å². The third kappa shape index (κ3) is 0.699. The summed E-state index contributed by atoms with van der Waals surface area (Å²) in [5, 5.41) is 3.71. The van der Waals surface area contributed by atoms with E-state index in [4.69, 9.17) is 0 Å². The first kappa shape index (κ1) is 5.22. The summed E-state index contributed by atoms with van der Waals surface area (Å²) >= 11 is 0. The molecule has 10 heavy (non-hydrogen) atoms. The van der Waals surface area contributed by atoms with Crippen molar-refractivity contribution in [3.05, 3.63) is 31.1 Å². The molecule has 0 saturated carbocycles. The summed E-state index contributed by atoms with van der Waals surface area (Å²) in [6.45, 7) is 0. The number of hydrogen-bond donors (Lipinski definition) is 0. The Balaban J connectivity index is 2.48. The largest absolute Gasteiger partial charge is 0.363 e. The zero-order valence-corrected chi connectivity index (χ0v) is 5.14. The molecule has 0 fully saturated rings. The van der Waals surface area contributed by atoms with Gasteiger partial charge in [-0.2, -0.15) is 0 Å². The van der Waals surface area contributed by atoms with E-state index in [0.29, 0.717) is 0 Å². The van der Waals surface area contributed by atoms with Crippen LogP contribution < -0.4 is 0 Å². The molecule has 0 radical (unpaired) electrons. The van der Waals surface area contributed by atoms with Crippen molar-refractivity contribution < 1.29 is 4.52 Å². The molecule has 2 aromatic rings. The third-order valence-electron chi connectivity index (χ3n) is 1.19. The topological polar surface area (TPSA) is 43.9 Å². The molecule has 4 heteroatoms. The Kier molecular flexibility index (Phi) is 1.04. The van der Waals surface area contributed by atoms with Crippen LogP contribution in [-0.2, 0) is 0 Å². The Morgan fingerprint density at radius 3 is 3.10 bits per heavy atom. The SMILES string of the molecule is c1cn(-c2ccon2)cn1. The highest BCUT2D eigenvalue weighted by Crippen LogP contribution is 2.00. The first-order chi connectivity index (χ1) is 4.97. The molecular formula is C6H5N3O. The van der Waals surface area contributed by atoms with Crippen molar-refractivity contribution in [3.63, 3.8) is 0 Å². The third-order valence-corrected chi connectivity index (χ3v) is 1.19. The molecule has 0 aliphatic rings. The maximum Gasteiger partial charge on any atom is 0.181 e. The molecule has 0 N–H and O–H groups in total. The van der Waals surface area contributed by atoms with Crippen molar-refractivity contribution in [1.29, 1.82) is 0 Å². The number of nitrogens with zero attached hydrogens (tertiary/aromatic N) is 3. The van der Waals surface area contributed by atoms with Crippen LogP contribution in [0, 0.1) is 0 Å².